The second kappa shape index (κ2) is 7.42. The molecule has 0 saturated carbocycles. The highest BCUT2D eigenvalue weighted by atomic mass is 32.1. The van der Waals surface area contributed by atoms with Gasteiger partial charge in [-0.1, -0.05) is 13.0 Å². The van der Waals surface area contributed by atoms with Gasteiger partial charge >= 0.3 is 6.18 Å². The smallest absolute Gasteiger partial charge is 0.312 e. The van der Waals surface area contributed by atoms with Gasteiger partial charge in [0.2, 0.25) is 0 Å². The summed E-state index contributed by atoms with van der Waals surface area (Å²) >= 11 is 1.74. The van der Waals surface area contributed by atoms with E-state index in [1.807, 2.05) is 0 Å². The maximum Gasteiger partial charge on any atom is 0.412 e. The van der Waals surface area contributed by atoms with Crippen LogP contribution < -0.4 is 5.32 Å². The Labute approximate surface area is 127 Å². The van der Waals surface area contributed by atoms with E-state index in [4.69, 9.17) is 0 Å². The molecule has 0 fully saturated rings. The van der Waals surface area contributed by atoms with Gasteiger partial charge in [-0.25, -0.2) is 0 Å². The van der Waals surface area contributed by atoms with Crippen LogP contribution in [0.25, 0.3) is 0 Å². The van der Waals surface area contributed by atoms with Crippen molar-refractivity contribution < 1.29 is 13.2 Å². The van der Waals surface area contributed by atoms with Gasteiger partial charge in [-0.2, -0.15) is 13.2 Å². The zero-order valence-corrected chi connectivity index (χ0v) is 13.0. The molecule has 118 valence electrons. The topological polar surface area (TPSA) is 15.3 Å². The van der Waals surface area contributed by atoms with Crippen LogP contribution in [0.15, 0.2) is 23.8 Å². The summed E-state index contributed by atoms with van der Waals surface area (Å²) in [6.07, 6.45) is -1.63. The van der Waals surface area contributed by atoms with Crippen LogP contribution in [-0.2, 0) is 13.1 Å². The number of halogens is 3. The fraction of sp³-hybridized carbons (Fsp3) is 0.600. The Morgan fingerprint density at radius 2 is 2.05 bits per heavy atom. The molecule has 0 saturated heterocycles. The Balaban J connectivity index is 1.82. The van der Waals surface area contributed by atoms with Gasteiger partial charge < -0.3 is 5.32 Å². The lowest BCUT2D eigenvalue weighted by Crippen LogP contribution is -2.31. The quantitative estimate of drug-likeness (QED) is 0.631. The summed E-state index contributed by atoms with van der Waals surface area (Å²) in [6.45, 7) is 5.61. The summed E-state index contributed by atoms with van der Waals surface area (Å²) in [5.41, 5.74) is -0.380. The Bertz CT molecular complexity index is 480. The SMILES string of the molecule is CCCNCc1ccc(CN2CC=C(C(F)(F)F)CC2)s1. The number of thiophene rings is 1. The van der Waals surface area contributed by atoms with E-state index in [-0.39, 0.29) is 12.0 Å². The van der Waals surface area contributed by atoms with Crippen molar-refractivity contribution in [1.82, 2.24) is 10.2 Å². The van der Waals surface area contributed by atoms with E-state index in [0.717, 1.165) is 26.1 Å². The van der Waals surface area contributed by atoms with Crippen LogP contribution in [0.4, 0.5) is 13.2 Å². The standard InChI is InChI=1S/C15H21F3N2S/c1-2-7-19-10-13-3-4-14(21-13)11-20-8-5-12(6-9-20)15(16,17)18/h3-5,19H,2,6-11H2,1H3. The summed E-state index contributed by atoms with van der Waals surface area (Å²) in [4.78, 5) is 4.55. The van der Waals surface area contributed by atoms with Gasteiger partial charge in [-0.05, 0) is 31.5 Å². The van der Waals surface area contributed by atoms with E-state index in [9.17, 15) is 13.2 Å². The fourth-order valence-corrected chi connectivity index (χ4v) is 3.35. The molecule has 1 aliphatic rings. The predicted molar refractivity (Wildman–Crippen MR) is 80.3 cm³/mol. The van der Waals surface area contributed by atoms with Crippen LogP contribution in [0.1, 0.15) is 29.5 Å². The van der Waals surface area contributed by atoms with Crippen molar-refractivity contribution in [3.05, 3.63) is 33.5 Å². The first-order chi connectivity index (χ1) is 9.99. The minimum Gasteiger partial charge on any atom is -0.312 e. The van der Waals surface area contributed by atoms with Crippen molar-refractivity contribution in [2.24, 2.45) is 0 Å². The molecule has 0 atom stereocenters. The number of rotatable bonds is 6. The van der Waals surface area contributed by atoms with E-state index < -0.39 is 6.18 Å². The minimum absolute atomic E-state index is 0.0970. The molecule has 0 spiro atoms. The van der Waals surface area contributed by atoms with Gasteiger partial charge in [0, 0.05) is 41.5 Å². The summed E-state index contributed by atoms with van der Waals surface area (Å²) in [5, 5.41) is 3.35. The lowest BCUT2D eigenvalue weighted by atomic mass is 10.1. The normalized spacial score (nSPS) is 17.0. The largest absolute Gasteiger partial charge is 0.412 e. The highest BCUT2D eigenvalue weighted by Gasteiger charge is 2.34. The van der Waals surface area contributed by atoms with E-state index >= 15 is 0 Å². The molecule has 1 aromatic heterocycles. The van der Waals surface area contributed by atoms with E-state index in [2.05, 4.69) is 29.3 Å². The third-order valence-corrected chi connectivity index (χ3v) is 4.55. The molecule has 0 amide bonds. The Morgan fingerprint density at radius 3 is 2.67 bits per heavy atom. The van der Waals surface area contributed by atoms with Crippen molar-refractivity contribution in [3.8, 4) is 0 Å². The molecular formula is C15H21F3N2S. The van der Waals surface area contributed by atoms with Gasteiger partial charge in [0.15, 0.2) is 0 Å². The average molecular weight is 318 g/mol. The lowest BCUT2D eigenvalue weighted by molar-refractivity contribution is -0.0960. The van der Waals surface area contributed by atoms with E-state index in [1.54, 1.807) is 11.3 Å². The molecule has 0 bridgehead atoms. The molecule has 2 rings (SSSR count). The molecule has 0 radical (unpaired) electrons. The molecule has 2 heterocycles. The third kappa shape index (κ3) is 5.13. The summed E-state index contributed by atoms with van der Waals surface area (Å²) < 4.78 is 37.7. The van der Waals surface area contributed by atoms with E-state index in [1.165, 1.54) is 15.8 Å². The van der Waals surface area contributed by atoms with Crippen molar-refractivity contribution >= 4 is 11.3 Å². The van der Waals surface area contributed by atoms with Gasteiger partial charge in [0.1, 0.15) is 0 Å². The Kier molecular flexibility index (Phi) is 5.84. The molecule has 0 unspecified atom stereocenters. The summed E-state index contributed by atoms with van der Waals surface area (Å²) in [7, 11) is 0. The molecular weight excluding hydrogens is 297 g/mol. The average Bonchev–Trinajstić information content (AvgIpc) is 2.86. The first-order valence-electron chi connectivity index (χ1n) is 7.26. The summed E-state index contributed by atoms with van der Waals surface area (Å²) in [5.74, 6) is 0. The highest BCUT2D eigenvalue weighted by molar-refractivity contribution is 7.11. The highest BCUT2D eigenvalue weighted by Crippen LogP contribution is 2.30. The predicted octanol–water partition coefficient (Wildman–Crippen LogP) is 3.94. The molecule has 0 aliphatic carbocycles. The molecule has 1 aliphatic heterocycles. The monoisotopic (exact) mass is 318 g/mol. The van der Waals surface area contributed by atoms with Gasteiger partial charge in [0.05, 0.1) is 0 Å². The first kappa shape index (κ1) is 16.5. The maximum absolute atomic E-state index is 12.6. The van der Waals surface area contributed by atoms with Crippen molar-refractivity contribution in [3.63, 3.8) is 0 Å². The van der Waals surface area contributed by atoms with Crippen molar-refractivity contribution in [2.45, 2.75) is 39.0 Å². The zero-order valence-electron chi connectivity index (χ0n) is 12.2. The second-order valence-corrected chi connectivity index (χ2v) is 6.51. The zero-order chi connectivity index (χ0) is 15.3. The lowest BCUT2D eigenvalue weighted by Gasteiger charge is -2.26. The van der Waals surface area contributed by atoms with Crippen LogP contribution in [0.2, 0.25) is 0 Å². The Hall–Kier alpha value is -0.850. The van der Waals surface area contributed by atoms with Crippen molar-refractivity contribution in [1.29, 1.82) is 0 Å². The number of hydrogen-bond acceptors (Lipinski definition) is 3. The van der Waals surface area contributed by atoms with Crippen molar-refractivity contribution in [2.75, 3.05) is 19.6 Å². The van der Waals surface area contributed by atoms with Gasteiger partial charge in [0.25, 0.3) is 0 Å². The van der Waals surface area contributed by atoms with Crippen LogP contribution in [0.3, 0.4) is 0 Å². The number of hydrogen-bond donors (Lipinski definition) is 1. The number of alkyl halides is 3. The number of nitrogens with zero attached hydrogens (tertiary/aromatic N) is 1. The minimum atomic E-state index is -4.16. The van der Waals surface area contributed by atoms with Gasteiger partial charge in [-0.3, -0.25) is 4.90 Å². The fourth-order valence-electron chi connectivity index (χ4n) is 2.32. The summed E-state index contributed by atoms with van der Waals surface area (Å²) in [6, 6.07) is 4.18. The molecule has 21 heavy (non-hydrogen) atoms. The molecule has 6 heteroatoms. The third-order valence-electron chi connectivity index (χ3n) is 3.48. The van der Waals surface area contributed by atoms with Crippen LogP contribution in [-0.4, -0.2) is 30.7 Å². The van der Waals surface area contributed by atoms with Crippen LogP contribution in [0, 0.1) is 0 Å². The molecule has 2 nitrogen and oxygen atoms in total. The maximum atomic E-state index is 12.6. The van der Waals surface area contributed by atoms with Gasteiger partial charge in [-0.15, -0.1) is 11.3 Å². The first-order valence-corrected chi connectivity index (χ1v) is 8.07. The molecule has 1 N–H and O–H groups in total. The van der Waals surface area contributed by atoms with E-state index in [0.29, 0.717) is 13.1 Å². The second-order valence-electron chi connectivity index (χ2n) is 5.26. The Morgan fingerprint density at radius 1 is 1.29 bits per heavy atom. The number of nitrogens with one attached hydrogen (secondary N) is 1. The van der Waals surface area contributed by atoms with Crippen LogP contribution in [0.5, 0.6) is 0 Å². The molecule has 1 aromatic rings. The van der Waals surface area contributed by atoms with Crippen LogP contribution >= 0.6 is 11.3 Å². The molecule has 0 aromatic carbocycles.